The van der Waals surface area contributed by atoms with Crippen LogP contribution in [0.1, 0.15) is 38.5 Å². The van der Waals surface area contributed by atoms with Crippen LogP contribution in [-0.4, -0.2) is 29.9 Å². The van der Waals surface area contributed by atoms with Crippen LogP contribution in [0.5, 0.6) is 0 Å². The highest BCUT2D eigenvalue weighted by atomic mass is 35.5. The summed E-state index contributed by atoms with van der Waals surface area (Å²) in [7, 11) is 0. The smallest absolute Gasteiger partial charge is 0.434 e. The van der Waals surface area contributed by atoms with E-state index in [1.165, 1.54) is 0 Å². The molecule has 2 rings (SSSR count). The Hall–Kier alpha value is -0.810. The lowest BCUT2D eigenvalue weighted by atomic mass is 10.1. The van der Waals surface area contributed by atoms with Gasteiger partial charge in [-0.15, -0.1) is 0 Å². The van der Waals surface area contributed by atoms with E-state index in [4.69, 9.17) is 32.7 Å². The molecule has 0 amide bonds. The minimum Gasteiger partial charge on any atom is -0.434 e. The van der Waals surface area contributed by atoms with Gasteiger partial charge in [-0.25, -0.2) is 4.79 Å². The molecule has 0 N–H and O–H groups in total. The zero-order chi connectivity index (χ0) is 14.8. The fourth-order valence-electron chi connectivity index (χ4n) is 2.09. The van der Waals surface area contributed by atoms with Crippen molar-refractivity contribution < 1.29 is 23.9 Å². The molecule has 112 valence electrons. The van der Waals surface area contributed by atoms with E-state index >= 15 is 0 Å². The molecule has 0 aliphatic heterocycles. The van der Waals surface area contributed by atoms with Crippen LogP contribution in [0.3, 0.4) is 0 Å². The monoisotopic (exact) mass is 322 g/mol. The van der Waals surface area contributed by atoms with E-state index in [1.807, 2.05) is 0 Å². The number of halogens is 2. The zero-order valence-corrected chi connectivity index (χ0v) is 12.5. The third-order valence-corrected chi connectivity index (χ3v) is 4.94. The van der Waals surface area contributed by atoms with Crippen LogP contribution in [0, 0.1) is 10.8 Å². The molecule has 0 bridgehead atoms. The number of ether oxygens (including phenoxy) is 2. The molecule has 2 aliphatic rings. The molecule has 0 spiro atoms. The van der Waals surface area contributed by atoms with Gasteiger partial charge in [0, 0.05) is 10.8 Å². The summed E-state index contributed by atoms with van der Waals surface area (Å²) in [5.74, 6) is 0. The van der Waals surface area contributed by atoms with E-state index in [9.17, 15) is 14.4 Å². The standard InChI is InChI=1S/C13H16Cl2O5/c14-9(16)12(1-2-12)5-7-19-11(18)20-8-6-13(3-4-13)10(15)17/h1-8H2. The van der Waals surface area contributed by atoms with Crippen LogP contribution in [0.4, 0.5) is 4.79 Å². The van der Waals surface area contributed by atoms with Crippen molar-refractivity contribution in [2.24, 2.45) is 10.8 Å². The molecule has 0 heterocycles. The van der Waals surface area contributed by atoms with Crippen molar-refractivity contribution in [3.05, 3.63) is 0 Å². The maximum Gasteiger partial charge on any atom is 0.508 e. The van der Waals surface area contributed by atoms with Gasteiger partial charge < -0.3 is 9.47 Å². The van der Waals surface area contributed by atoms with Crippen molar-refractivity contribution in [1.82, 2.24) is 0 Å². The Kier molecular flexibility index (Phi) is 4.59. The van der Waals surface area contributed by atoms with Crippen molar-refractivity contribution in [3.63, 3.8) is 0 Å². The highest BCUT2D eigenvalue weighted by molar-refractivity contribution is 6.65. The van der Waals surface area contributed by atoms with Gasteiger partial charge in [0.25, 0.3) is 0 Å². The Morgan fingerprint density at radius 1 is 0.800 bits per heavy atom. The molecule has 0 unspecified atom stereocenters. The minimum absolute atomic E-state index is 0.108. The van der Waals surface area contributed by atoms with Crippen molar-refractivity contribution in [2.45, 2.75) is 38.5 Å². The Bertz CT molecular complexity index is 388. The summed E-state index contributed by atoms with van der Waals surface area (Å²) in [4.78, 5) is 33.5. The SMILES string of the molecule is O=C(OCCC1(C(=O)Cl)CC1)OCCC1(C(=O)Cl)CC1. The van der Waals surface area contributed by atoms with Gasteiger partial charge in [-0.1, -0.05) is 0 Å². The second-order valence-electron chi connectivity index (χ2n) is 5.55. The second kappa shape index (κ2) is 5.90. The molecule has 0 aromatic heterocycles. The molecular formula is C13H16Cl2O5. The molecular weight excluding hydrogens is 307 g/mol. The van der Waals surface area contributed by atoms with E-state index in [0.717, 1.165) is 25.7 Å². The lowest BCUT2D eigenvalue weighted by Crippen LogP contribution is -2.18. The predicted molar refractivity (Wildman–Crippen MR) is 71.6 cm³/mol. The van der Waals surface area contributed by atoms with Crippen LogP contribution < -0.4 is 0 Å². The number of carbonyl (C=O) groups is 3. The largest absolute Gasteiger partial charge is 0.508 e. The highest BCUT2D eigenvalue weighted by Gasteiger charge is 2.49. The molecule has 2 aliphatic carbocycles. The average molecular weight is 323 g/mol. The Morgan fingerprint density at radius 2 is 1.15 bits per heavy atom. The average Bonchev–Trinajstić information content (AvgIpc) is 3.23. The van der Waals surface area contributed by atoms with Gasteiger partial charge in [0.1, 0.15) is 0 Å². The van der Waals surface area contributed by atoms with Gasteiger partial charge >= 0.3 is 6.16 Å². The summed E-state index contributed by atoms with van der Waals surface area (Å²) in [5, 5.41) is -0.739. The van der Waals surface area contributed by atoms with E-state index in [-0.39, 0.29) is 23.7 Å². The zero-order valence-electron chi connectivity index (χ0n) is 11.0. The molecule has 0 radical (unpaired) electrons. The summed E-state index contributed by atoms with van der Waals surface area (Å²) in [6.45, 7) is 0.216. The van der Waals surface area contributed by atoms with Gasteiger partial charge in [0.2, 0.25) is 10.5 Å². The molecule has 7 heteroatoms. The topological polar surface area (TPSA) is 69.7 Å². The quantitative estimate of drug-likeness (QED) is 0.507. The van der Waals surface area contributed by atoms with Gasteiger partial charge in [-0.05, 0) is 61.7 Å². The molecule has 20 heavy (non-hydrogen) atoms. The molecule has 0 saturated heterocycles. The molecule has 5 nitrogen and oxygen atoms in total. The first-order chi connectivity index (χ1) is 9.40. The van der Waals surface area contributed by atoms with Crippen LogP contribution in [0.25, 0.3) is 0 Å². The van der Waals surface area contributed by atoms with E-state index in [1.54, 1.807) is 0 Å². The van der Waals surface area contributed by atoms with Gasteiger partial charge in [-0.3, -0.25) is 9.59 Å². The molecule has 2 fully saturated rings. The fourth-order valence-corrected chi connectivity index (χ4v) is 2.66. The van der Waals surface area contributed by atoms with Crippen molar-refractivity contribution in [2.75, 3.05) is 13.2 Å². The minimum atomic E-state index is -0.791. The molecule has 0 aromatic rings. The number of hydrogen-bond acceptors (Lipinski definition) is 5. The third kappa shape index (κ3) is 3.64. The Balaban J connectivity index is 1.57. The van der Waals surface area contributed by atoms with Crippen LogP contribution in [0.2, 0.25) is 0 Å². The third-order valence-electron chi connectivity index (χ3n) is 4.14. The molecule has 0 atom stereocenters. The maximum absolute atomic E-state index is 11.3. The van der Waals surface area contributed by atoms with E-state index in [2.05, 4.69) is 0 Å². The summed E-state index contributed by atoms with van der Waals surface area (Å²) in [5.41, 5.74) is -0.990. The van der Waals surface area contributed by atoms with Crippen LogP contribution >= 0.6 is 23.2 Å². The Labute approximate surface area is 126 Å². The summed E-state index contributed by atoms with van der Waals surface area (Å²) in [6, 6.07) is 0. The van der Waals surface area contributed by atoms with Gasteiger partial charge in [-0.2, -0.15) is 0 Å². The fraction of sp³-hybridized carbons (Fsp3) is 0.769. The second-order valence-corrected chi connectivity index (χ2v) is 6.24. The predicted octanol–water partition coefficient (Wildman–Crippen LogP) is 3.01. The van der Waals surface area contributed by atoms with Crippen molar-refractivity contribution in [1.29, 1.82) is 0 Å². The number of carbonyl (C=O) groups excluding carboxylic acids is 3. The first-order valence-corrected chi connectivity index (χ1v) is 7.35. The van der Waals surface area contributed by atoms with Gasteiger partial charge in [0.15, 0.2) is 0 Å². The van der Waals surface area contributed by atoms with E-state index in [0.29, 0.717) is 12.8 Å². The highest BCUT2D eigenvalue weighted by Crippen LogP contribution is 2.51. The number of rotatable bonds is 8. The Morgan fingerprint density at radius 3 is 1.40 bits per heavy atom. The maximum atomic E-state index is 11.3. The normalized spacial score (nSPS) is 20.9. The van der Waals surface area contributed by atoms with Crippen molar-refractivity contribution in [3.8, 4) is 0 Å². The summed E-state index contributed by atoms with van der Waals surface area (Å²) < 4.78 is 9.75. The lowest BCUT2D eigenvalue weighted by molar-refractivity contribution is -0.117. The van der Waals surface area contributed by atoms with Crippen LogP contribution in [-0.2, 0) is 19.1 Å². The number of hydrogen-bond donors (Lipinski definition) is 0. The van der Waals surface area contributed by atoms with E-state index < -0.39 is 17.0 Å². The first-order valence-electron chi connectivity index (χ1n) is 6.60. The summed E-state index contributed by atoms with van der Waals surface area (Å²) in [6.07, 6.45) is 3.04. The molecule has 2 saturated carbocycles. The summed E-state index contributed by atoms with van der Waals surface area (Å²) >= 11 is 10.9. The lowest BCUT2D eigenvalue weighted by Gasteiger charge is -2.12. The molecule has 0 aromatic carbocycles. The van der Waals surface area contributed by atoms with Gasteiger partial charge in [0.05, 0.1) is 13.2 Å². The van der Waals surface area contributed by atoms with Crippen molar-refractivity contribution >= 4 is 39.8 Å². The van der Waals surface area contributed by atoms with Crippen LogP contribution in [0.15, 0.2) is 0 Å². The first kappa shape index (κ1) is 15.6.